The lowest BCUT2D eigenvalue weighted by Gasteiger charge is -2.18. The van der Waals surface area contributed by atoms with Crippen molar-refractivity contribution in [1.82, 2.24) is 0 Å². The molecule has 0 radical (unpaired) electrons. The van der Waals surface area contributed by atoms with Gasteiger partial charge in [0.25, 0.3) is 0 Å². The third-order valence-electron chi connectivity index (χ3n) is 4.42. The van der Waals surface area contributed by atoms with Crippen LogP contribution in [0.2, 0.25) is 5.02 Å². The SMILES string of the molecule is CC.CCCC(CCC)Nc1cccc(Cl)c1.CCN=C(C)C1=C(C)CC=C1.NC=O. The molecule has 0 fully saturated rings. The van der Waals surface area contributed by atoms with Crippen LogP contribution in [0, 0.1) is 0 Å². The monoisotopic (exact) mass is 449 g/mol. The van der Waals surface area contributed by atoms with Gasteiger partial charge in [-0.15, -0.1) is 0 Å². The number of rotatable bonds is 8. The van der Waals surface area contributed by atoms with Gasteiger partial charge in [0.2, 0.25) is 6.41 Å². The number of anilines is 1. The summed E-state index contributed by atoms with van der Waals surface area (Å²) in [6.07, 6.45) is 10.6. The summed E-state index contributed by atoms with van der Waals surface area (Å²) in [6.45, 7) is 15.7. The number of benzene rings is 1. The molecule has 0 bridgehead atoms. The molecule has 1 aromatic rings. The molecular weight excluding hydrogens is 406 g/mol. The van der Waals surface area contributed by atoms with Crippen LogP contribution < -0.4 is 11.1 Å². The third-order valence-corrected chi connectivity index (χ3v) is 4.66. The number of carbonyl (C=O) groups excluding carboxylic acids is 1. The Kier molecular flexibility index (Phi) is 21.3. The Balaban J connectivity index is 0. The summed E-state index contributed by atoms with van der Waals surface area (Å²) in [6, 6.07) is 8.53. The van der Waals surface area contributed by atoms with Gasteiger partial charge in [0.1, 0.15) is 0 Å². The van der Waals surface area contributed by atoms with E-state index >= 15 is 0 Å². The van der Waals surface area contributed by atoms with Gasteiger partial charge in [-0.1, -0.05) is 75.9 Å². The lowest BCUT2D eigenvalue weighted by Crippen LogP contribution is -2.18. The summed E-state index contributed by atoms with van der Waals surface area (Å²) in [4.78, 5) is 12.9. The fraction of sp³-hybridized carbons (Fsp3) is 0.538. The molecule has 1 aromatic carbocycles. The summed E-state index contributed by atoms with van der Waals surface area (Å²) in [5, 5.41) is 4.34. The van der Waals surface area contributed by atoms with Crippen LogP contribution in [0.3, 0.4) is 0 Å². The van der Waals surface area contributed by atoms with E-state index in [1.54, 1.807) is 0 Å². The van der Waals surface area contributed by atoms with Crippen LogP contribution >= 0.6 is 11.6 Å². The van der Waals surface area contributed by atoms with Gasteiger partial charge in [-0.3, -0.25) is 9.79 Å². The van der Waals surface area contributed by atoms with Crippen molar-refractivity contribution in [3.63, 3.8) is 0 Å². The van der Waals surface area contributed by atoms with Crippen LogP contribution in [0.15, 0.2) is 52.6 Å². The number of primary amides is 1. The summed E-state index contributed by atoms with van der Waals surface area (Å²) in [7, 11) is 0. The van der Waals surface area contributed by atoms with E-state index in [-0.39, 0.29) is 6.41 Å². The quantitative estimate of drug-likeness (QED) is 0.317. The fourth-order valence-corrected chi connectivity index (χ4v) is 3.35. The summed E-state index contributed by atoms with van der Waals surface area (Å²) >= 11 is 5.94. The number of hydrogen-bond donors (Lipinski definition) is 2. The standard InChI is InChI=1S/C13H20ClN.C10H15N.C2H6.CH3NO/c1-3-6-12(7-4-2)15-13-9-5-8-11(14)10-13;1-4-11-9(3)10-7-5-6-8(10)2;1-2;2-1-3/h5,8-10,12,15H,3-4,6-7H2,1-2H3;5,7H,4,6H2,1-3H3;1-2H3;1H,(H2,2,3). The van der Waals surface area contributed by atoms with Gasteiger partial charge in [-0.25, -0.2) is 0 Å². The van der Waals surface area contributed by atoms with Crippen molar-refractivity contribution in [2.75, 3.05) is 11.9 Å². The Morgan fingerprint density at radius 2 is 1.81 bits per heavy atom. The highest BCUT2D eigenvalue weighted by molar-refractivity contribution is 6.30. The van der Waals surface area contributed by atoms with Crippen LogP contribution in [-0.2, 0) is 4.79 Å². The van der Waals surface area contributed by atoms with Gasteiger partial charge in [0.05, 0.1) is 0 Å². The number of nitrogens with zero attached hydrogens (tertiary/aromatic N) is 1. The van der Waals surface area contributed by atoms with Gasteiger partial charge in [0, 0.05) is 29.0 Å². The summed E-state index contributed by atoms with van der Waals surface area (Å²) < 4.78 is 0. The highest BCUT2D eigenvalue weighted by Crippen LogP contribution is 2.19. The van der Waals surface area contributed by atoms with E-state index in [4.69, 9.17) is 16.4 Å². The number of amides is 1. The second kappa shape index (κ2) is 21.2. The predicted molar refractivity (Wildman–Crippen MR) is 140 cm³/mol. The molecule has 1 aliphatic carbocycles. The second-order valence-corrected chi connectivity index (χ2v) is 7.36. The highest BCUT2D eigenvalue weighted by Gasteiger charge is 2.07. The van der Waals surface area contributed by atoms with Crippen LogP contribution in [0.1, 0.15) is 80.6 Å². The van der Waals surface area contributed by atoms with Crippen LogP contribution in [0.25, 0.3) is 0 Å². The first-order valence-corrected chi connectivity index (χ1v) is 11.9. The van der Waals surface area contributed by atoms with Crippen molar-refractivity contribution < 1.29 is 4.79 Å². The molecule has 31 heavy (non-hydrogen) atoms. The average molecular weight is 450 g/mol. The molecule has 4 nitrogen and oxygen atoms in total. The Labute approximate surface area is 196 Å². The Morgan fingerprint density at radius 1 is 1.23 bits per heavy atom. The van der Waals surface area contributed by atoms with E-state index in [0.29, 0.717) is 6.04 Å². The molecule has 1 aliphatic rings. The zero-order valence-electron chi connectivity index (χ0n) is 20.7. The molecular formula is C26H44ClN3O. The number of aliphatic imine (C=N–C) groups is 1. The molecule has 0 heterocycles. The topological polar surface area (TPSA) is 67.5 Å². The number of nitrogens with one attached hydrogen (secondary N) is 1. The summed E-state index contributed by atoms with van der Waals surface area (Å²) in [5.74, 6) is 0. The molecule has 0 saturated carbocycles. The Hall–Kier alpha value is -2.07. The van der Waals surface area contributed by atoms with E-state index < -0.39 is 0 Å². The largest absolute Gasteiger partial charge is 0.382 e. The van der Waals surface area contributed by atoms with Gasteiger partial charge in [0.15, 0.2) is 0 Å². The Bertz CT molecular complexity index is 675. The summed E-state index contributed by atoms with van der Waals surface area (Å²) in [5.41, 5.74) is 9.26. The van der Waals surface area contributed by atoms with Crippen molar-refractivity contribution in [1.29, 1.82) is 0 Å². The lowest BCUT2D eigenvalue weighted by atomic mass is 10.1. The molecule has 5 heteroatoms. The molecule has 2 rings (SSSR count). The van der Waals surface area contributed by atoms with Crippen LogP contribution in [-0.4, -0.2) is 24.7 Å². The normalized spacial score (nSPS) is 12.2. The predicted octanol–water partition coefficient (Wildman–Crippen LogP) is 7.59. The fourth-order valence-electron chi connectivity index (χ4n) is 3.16. The maximum absolute atomic E-state index is 8.58. The van der Waals surface area contributed by atoms with E-state index in [9.17, 15) is 0 Å². The maximum atomic E-state index is 8.58. The van der Waals surface area contributed by atoms with E-state index in [0.717, 1.165) is 23.7 Å². The first-order chi connectivity index (χ1) is 14.9. The first-order valence-electron chi connectivity index (χ1n) is 11.5. The molecule has 1 amide bonds. The van der Waals surface area contributed by atoms with Crippen molar-refractivity contribution in [3.05, 3.63) is 52.6 Å². The molecule has 0 aliphatic heterocycles. The highest BCUT2D eigenvalue weighted by atomic mass is 35.5. The lowest BCUT2D eigenvalue weighted by molar-refractivity contribution is -0.106. The number of hydrogen-bond acceptors (Lipinski definition) is 3. The number of carbonyl (C=O) groups is 1. The molecule has 0 saturated heterocycles. The molecule has 0 unspecified atom stereocenters. The van der Waals surface area contributed by atoms with Crippen molar-refractivity contribution >= 4 is 29.4 Å². The average Bonchev–Trinajstić information content (AvgIpc) is 3.17. The van der Waals surface area contributed by atoms with E-state index in [2.05, 4.69) is 68.9 Å². The van der Waals surface area contributed by atoms with Gasteiger partial charge < -0.3 is 11.1 Å². The molecule has 3 N–H and O–H groups in total. The Morgan fingerprint density at radius 3 is 2.23 bits per heavy atom. The number of nitrogens with two attached hydrogens (primary N) is 1. The van der Waals surface area contributed by atoms with E-state index in [1.165, 1.54) is 42.5 Å². The third kappa shape index (κ3) is 15.4. The van der Waals surface area contributed by atoms with Crippen LogP contribution in [0.4, 0.5) is 5.69 Å². The zero-order chi connectivity index (χ0) is 24.1. The van der Waals surface area contributed by atoms with Gasteiger partial charge >= 0.3 is 0 Å². The molecule has 0 aromatic heterocycles. The molecule has 0 atom stereocenters. The number of allylic oxidation sites excluding steroid dienone is 4. The smallest absolute Gasteiger partial charge is 0.204 e. The van der Waals surface area contributed by atoms with Crippen LogP contribution in [0.5, 0.6) is 0 Å². The maximum Gasteiger partial charge on any atom is 0.204 e. The minimum absolute atomic E-state index is 0.250. The minimum Gasteiger partial charge on any atom is -0.382 e. The van der Waals surface area contributed by atoms with Crippen molar-refractivity contribution in [2.24, 2.45) is 10.7 Å². The molecule has 0 spiro atoms. The van der Waals surface area contributed by atoms with Crippen molar-refractivity contribution in [3.8, 4) is 0 Å². The first kappa shape index (κ1) is 31.1. The zero-order valence-corrected chi connectivity index (χ0v) is 21.4. The minimum atomic E-state index is 0.250. The molecule has 176 valence electrons. The second-order valence-electron chi connectivity index (χ2n) is 6.93. The van der Waals surface area contributed by atoms with E-state index in [1.807, 2.05) is 32.0 Å². The number of halogens is 1. The van der Waals surface area contributed by atoms with Gasteiger partial charge in [-0.05, 0) is 63.8 Å². The van der Waals surface area contributed by atoms with Crippen molar-refractivity contribution in [2.45, 2.75) is 86.6 Å². The van der Waals surface area contributed by atoms with Gasteiger partial charge in [-0.2, -0.15) is 0 Å².